The minimum atomic E-state index is -0.559. The third kappa shape index (κ3) is 4.55. The van der Waals surface area contributed by atoms with E-state index in [2.05, 4.69) is 5.32 Å². The summed E-state index contributed by atoms with van der Waals surface area (Å²) in [5.41, 5.74) is 3.00. The van der Waals surface area contributed by atoms with Gasteiger partial charge in [-0.3, -0.25) is 9.59 Å². The second-order valence-corrected chi connectivity index (χ2v) is 9.50. The largest absolute Gasteiger partial charge is 0.497 e. The second kappa shape index (κ2) is 10.4. The Morgan fingerprint density at radius 2 is 1.44 bits per heavy atom. The molecular formula is C30H32N2O4. The molecule has 0 saturated heterocycles. The van der Waals surface area contributed by atoms with Gasteiger partial charge in [-0.2, -0.15) is 0 Å². The molecule has 1 aliphatic carbocycles. The van der Waals surface area contributed by atoms with Crippen molar-refractivity contribution in [2.24, 2.45) is 0 Å². The summed E-state index contributed by atoms with van der Waals surface area (Å²) in [5, 5.41) is 3.11. The van der Waals surface area contributed by atoms with Crippen LogP contribution in [0.4, 0.5) is 5.69 Å². The lowest BCUT2D eigenvalue weighted by Crippen LogP contribution is -2.51. The molecule has 186 valence electrons. The number of amides is 2. The van der Waals surface area contributed by atoms with E-state index in [0.717, 1.165) is 48.3 Å². The Morgan fingerprint density at radius 3 is 2.08 bits per heavy atom. The zero-order chi connectivity index (χ0) is 25.1. The highest BCUT2D eigenvalue weighted by Crippen LogP contribution is 2.46. The summed E-state index contributed by atoms with van der Waals surface area (Å²) in [5.74, 6) is 0.774. The molecular weight excluding hydrogens is 452 g/mol. The first-order chi connectivity index (χ1) is 17.6. The summed E-state index contributed by atoms with van der Waals surface area (Å²) < 4.78 is 10.6. The van der Waals surface area contributed by atoms with E-state index in [1.54, 1.807) is 14.2 Å². The van der Waals surface area contributed by atoms with Crippen LogP contribution >= 0.6 is 0 Å². The molecule has 3 aromatic rings. The molecule has 1 N–H and O–H groups in total. The Labute approximate surface area is 212 Å². The lowest BCUT2D eigenvalue weighted by molar-refractivity contribution is -0.119. The Hall–Kier alpha value is -3.80. The molecule has 3 aromatic carbocycles. The van der Waals surface area contributed by atoms with Crippen molar-refractivity contribution in [3.8, 4) is 11.5 Å². The van der Waals surface area contributed by atoms with Crippen LogP contribution in [0.15, 0.2) is 72.8 Å². The Balaban J connectivity index is 1.61. The summed E-state index contributed by atoms with van der Waals surface area (Å²) in [6.45, 7) is 0. The molecule has 1 fully saturated rings. The van der Waals surface area contributed by atoms with Gasteiger partial charge in [0.2, 0.25) is 5.91 Å². The van der Waals surface area contributed by atoms with E-state index in [9.17, 15) is 9.59 Å². The Kier molecular flexibility index (Phi) is 6.94. The molecule has 2 aliphatic rings. The van der Waals surface area contributed by atoms with Gasteiger partial charge >= 0.3 is 0 Å². The van der Waals surface area contributed by atoms with Gasteiger partial charge in [0, 0.05) is 17.3 Å². The summed E-state index contributed by atoms with van der Waals surface area (Å²) in [4.78, 5) is 30.0. The SMILES string of the molecule is COc1ccc(NC(=O)[C@H]2c3ccccc3C(=O)N(C3CCCCC3)[C@@H]2c2ccc(OC)cc2)cc1. The van der Waals surface area contributed by atoms with E-state index in [-0.39, 0.29) is 17.9 Å². The number of nitrogens with zero attached hydrogens (tertiary/aromatic N) is 1. The number of hydrogen-bond acceptors (Lipinski definition) is 4. The van der Waals surface area contributed by atoms with Gasteiger partial charge in [-0.15, -0.1) is 0 Å². The normalized spacial score (nSPS) is 19.9. The molecule has 36 heavy (non-hydrogen) atoms. The smallest absolute Gasteiger partial charge is 0.254 e. The molecule has 2 amide bonds. The highest BCUT2D eigenvalue weighted by Gasteiger charge is 2.46. The third-order valence-corrected chi connectivity index (χ3v) is 7.44. The Bertz CT molecular complexity index is 1220. The minimum absolute atomic E-state index is 0.00631. The monoisotopic (exact) mass is 484 g/mol. The van der Waals surface area contributed by atoms with E-state index in [0.29, 0.717) is 11.3 Å². The van der Waals surface area contributed by atoms with Crippen LogP contribution in [0.3, 0.4) is 0 Å². The molecule has 6 nitrogen and oxygen atoms in total. The van der Waals surface area contributed by atoms with E-state index in [1.807, 2.05) is 77.7 Å². The second-order valence-electron chi connectivity index (χ2n) is 9.50. The number of carbonyl (C=O) groups excluding carboxylic acids is 2. The van der Waals surface area contributed by atoms with E-state index >= 15 is 0 Å². The standard InChI is InChI=1S/C30H32N2O4/c1-35-23-16-12-20(13-17-23)28-27(29(33)31-21-14-18-24(36-2)19-15-21)25-10-6-7-11-26(25)30(34)32(28)22-8-4-3-5-9-22/h6-7,10-19,22,27-28H,3-5,8-9H2,1-2H3,(H,31,33)/t27-,28+/m0/s1. The van der Waals surface area contributed by atoms with Crippen molar-refractivity contribution >= 4 is 17.5 Å². The first-order valence-electron chi connectivity index (χ1n) is 12.6. The van der Waals surface area contributed by atoms with Crippen LogP contribution in [0.25, 0.3) is 0 Å². The van der Waals surface area contributed by atoms with Gasteiger partial charge < -0.3 is 19.7 Å². The van der Waals surface area contributed by atoms with Crippen molar-refractivity contribution in [1.29, 1.82) is 0 Å². The number of fused-ring (bicyclic) bond motifs is 1. The average Bonchev–Trinajstić information content (AvgIpc) is 2.94. The maximum atomic E-state index is 14.0. The van der Waals surface area contributed by atoms with Crippen molar-refractivity contribution in [2.45, 2.75) is 50.1 Å². The summed E-state index contributed by atoms with van der Waals surface area (Å²) in [6, 6.07) is 22.3. The van der Waals surface area contributed by atoms with E-state index in [4.69, 9.17) is 9.47 Å². The van der Waals surface area contributed by atoms with Gasteiger partial charge in [-0.25, -0.2) is 0 Å². The van der Waals surface area contributed by atoms with Crippen LogP contribution in [0.2, 0.25) is 0 Å². The van der Waals surface area contributed by atoms with Crippen molar-refractivity contribution in [1.82, 2.24) is 4.90 Å². The fourth-order valence-electron chi connectivity index (χ4n) is 5.64. The maximum absolute atomic E-state index is 14.0. The van der Waals surface area contributed by atoms with Crippen LogP contribution in [0.5, 0.6) is 11.5 Å². The van der Waals surface area contributed by atoms with Crippen LogP contribution < -0.4 is 14.8 Å². The van der Waals surface area contributed by atoms with E-state index < -0.39 is 12.0 Å². The zero-order valence-corrected chi connectivity index (χ0v) is 20.8. The Morgan fingerprint density at radius 1 is 0.833 bits per heavy atom. The average molecular weight is 485 g/mol. The van der Waals surface area contributed by atoms with Gasteiger partial charge in [0.05, 0.1) is 26.2 Å². The molecule has 5 rings (SSSR count). The van der Waals surface area contributed by atoms with E-state index in [1.165, 1.54) is 6.42 Å². The van der Waals surface area contributed by atoms with Crippen molar-refractivity contribution in [3.63, 3.8) is 0 Å². The molecule has 0 radical (unpaired) electrons. The number of benzene rings is 3. The highest BCUT2D eigenvalue weighted by molar-refractivity contribution is 6.04. The predicted octanol–water partition coefficient (Wildman–Crippen LogP) is 5.96. The fourth-order valence-corrected chi connectivity index (χ4v) is 5.64. The molecule has 1 heterocycles. The quantitative estimate of drug-likeness (QED) is 0.469. The van der Waals surface area contributed by atoms with Crippen LogP contribution in [-0.2, 0) is 4.79 Å². The van der Waals surface area contributed by atoms with Gasteiger partial charge in [0.25, 0.3) is 5.91 Å². The van der Waals surface area contributed by atoms with Gasteiger partial charge in [0.1, 0.15) is 11.5 Å². The van der Waals surface area contributed by atoms with Crippen molar-refractivity contribution in [3.05, 3.63) is 89.5 Å². The van der Waals surface area contributed by atoms with Crippen molar-refractivity contribution < 1.29 is 19.1 Å². The molecule has 0 unspecified atom stereocenters. The van der Waals surface area contributed by atoms with Gasteiger partial charge in [-0.05, 0) is 66.4 Å². The highest BCUT2D eigenvalue weighted by atomic mass is 16.5. The van der Waals surface area contributed by atoms with Crippen molar-refractivity contribution in [2.75, 3.05) is 19.5 Å². The molecule has 0 aromatic heterocycles. The molecule has 0 bridgehead atoms. The first-order valence-corrected chi connectivity index (χ1v) is 12.6. The number of hydrogen-bond donors (Lipinski definition) is 1. The lowest BCUT2D eigenvalue weighted by atomic mass is 9.77. The van der Waals surface area contributed by atoms with Crippen LogP contribution in [0, 0.1) is 0 Å². The summed E-state index contributed by atoms with van der Waals surface area (Å²) in [6.07, 6.45) is 5.27. The number of carbonyl (C=O) groups is 2. The number of methoxy groups -OCH3 is 2. The first kappa shape index (κ1) is 23.9. The summed E-state index contributed by atoms with van der Waals surface area (Å²) >= 11 is 0. The number of ether oxygens (including phenoxy) is 2. The van der Waals surface area contributed by atoms with Gasteiger partial charge in [0.15, 0.2) is 0 Å². The number of nitrogens with one attached hydrogen (secondary N) is 1. The third-order valence-electron chi connectivity index (χ3n) is 7.44. The topological polar surface area (TPSA) is 67.9 Å². The van der Waals surface area contributed by atoms with Gasteiger partial charge in [-0.1, -0.05) is 49.6 Å². The summed E-state index contributed by atoms with van der Waals surface area (Å²) in [7, 11) is 3.25. The molecule has 0 spiro atoms. The lowest BCUT2D eigenvalue weighted by Gasteiger charge is -2.46. The van der Waals surface area contributed by atoms with Crippen LogP contribution in [0.1, 0.15) is 65.5 Å². The molecule has 6 heteroatoms. The predicted molar refractivity (Wildman–Crippen MR) is 140 cm³/mol. The molecule has 2 atom stereocenters. The zero-order valence-electron chi connectivity index (χ0n) is 20.8. The molecule has 1 aliphatic heterocycles. The minimum Gasteiger partial charge on any atom is -0.497 e. The fraction of sp³-hybridized carbons (Fsp3) is 0.333. The maximum Gasteiger partial charge on any atom is 0.254 e. The number of rotatable bonds is 6. The van der Waals surface area contributed by atoms with Crippen LogP contribution in [-0.4, -0.2) is 37.0 Å². The molecule has 1 saturated carbocycles. The number of anilines is 1.